The lowest BCUT2D eigenvalue weighted by molar-refractivity contribution is -0.151. The van der Waals surface area contributed by atoms with Crippen LogP contribution in [-0.4, -0.2) is 30.4 Å². The molecule has 0 saturated heterocycles. The van der Waals surface area contributed by atoms with Gasteiger partial charge in [0.2, 0.25) is 6.79 Å². The van der Waals surface area contributed by atoms with E-state index in [0.717, 1.165) is 16.8 Å². The Morgan fingerprint density at radius 3 is 2.57 bits per heavy atom. The molecule has 0 aromatic heterocycles. The summed E-state index contributed by atoms with van der Waals surface area (Å²) in [6.45, 7) is 5.84. The summed E-state index contributed by atoms with van der Waals surface area (Å²) in [5.74, 6) is -0.252. The van der Waals surface area contributed by atoms with Gasteiger partial charge in [0.15, 0.2) is 17.3 Å². The molecular weight excluding hydrogens is 466 g/mol. The molecule has 2 aliphatic heterocycles. The fourth-order valence-electron chi connectivity index (χ4n) is 5.16. The summed E-state index contributed by atoms with van der Waals surface area (Å²) in [4.78, 5) is 31.9. The molecule has 182 valence electrons. The molecule has 2 aromatic carbocycles. The molecule has 0 radical (unpaired) electrons. The molecule has 0 saturated carbocycles. The number of nitrogens with zero attached hydrogens (tertiary/aromatic N) is 1. The predicted octanol–water partition coefficient (Wildman–Crippen LogP) is 5.99. The molecule has 0 bridgehead atoms. The van der Waals surface area contributed by atoms with Crippen LogP contribution < -0.4 is 9.47 Å². The molecule has 0 spiro atoms. The lowest BCUT2D eigenvalue weighted by Gasteiger charge is -2.37. The highest BCUT2D eigenvalue weighted by Crippen LogP contribution is 2.48. The minimum Gasteiger partial charge on any atom is -0.462 e. The number of hydrogen-bond donors (Lipinski definition) is 0. The van der Waals surface area contributed by atoms with Gasteiger partial charge in [-0.15, -0.1) is 0 Å². The van der Waals surface area contributed by atoms with Crippen molar-refractivity contribution in [2.24, 2.45) is 10.9 Å². The van der Waals surface area contributed by atoms with Gasteiger partial charge in [-0.1, -0.05) is 36.7 Å². The fourth-order valence-corrected chi connectivity index (χ4v) is 5.28. The number of halogens is 1. The number of ether oxygens (including phenoxy) is 3. The summed E-state index contributed by atoms with van der Waals surface area (Å²) in [5, 5.41) is 0.660. The van der Waals surface area contributed by atoms with E-state index in [1.54, 1.807) is 0 Å². The molecule has 0 amide bonds. The summed E-state index contributed by atoms with van der Waals surface area (Å²) in [6.07, 6.45) is 1.45. The Bertz CT molecular complexity index is 1230. The first kappa shape index (κ1) is 23.6. The van der Waals surface area contributed by atoms with Gasteiger partial charge in [-0.05, 0) is 68.0 Å². The second kappa shape index (κ2) is 9.50. The van der Waals surface area contributed by atoms with Crippen LogP contribution in [0, 0.1) is 5.92 Å². The molecule has 4 atom stereocenters. The van der Waals surface area contributed by atoms with Gasteiger partial charge in [-0.3, -0.25) is 14.6 Å². The van der Waals surface area contributed by atoms with E-state index < -0.39 is 11.8 Å². The first-order valence-corrected chi connectivity index (χ1v) is 12.4. The van der Waals surface area contributed by atoms with Crippen molar-refractivity contribution in [1.29, 1.82) is 0 Å². The third kappa shape index (κ3) is 4.47. The Kier molecular flexibility index (Phi) is 6.41. The van der Waals surface area contributed by atoms with E-state index in [2.05, 4.69) is 0 Å². The zero-order valence-corrected chi connectivity index (χ0v) is 20.8. The standard InChI is InChI=1S/C28H28ClNO5/c1-4-15(2)35-28(32)25-16(3)30-21-11-19(17-5-8-20(29)9-6-17)12-22(31)27(21)26(25)18-7-10-23-24(13-18)34-14-33-23/h5-10,13,15,19,25-26H,4,11-12,14H2,1-3H3/t15-,19-,25?,26-/m1/s1. The largest absolute Gasteiger partial charge is 0.462 e. The van der Waals surface area contributed by atoms with Crippen LogP contribution in [0.15, 0.2) is 58.7 Å². The van der Waals surface area contributed by atoms with E-state index in [1.807, 2.05) is 63.2 Å². The SMILES string of the molecule is CC[C@@H](C)OC(=O)C1C(C)=NC2=C(C(=O)C[C@H](c3ccc(Cl)cc3)C2)[C@@H]1c1ccc2c(c1)OCO2. The van der Waals surface area contributed by atoms with Crippen LogP contribution in [0.5, 0.6) is 11.5 Å². The maximum absolute atomic E-state index is 13.7. The van der Waals surface area contributed by atoms with Crippen molar-refractivity contribution in [1.82, 2.24) is 0 Å². The number of carbonyl (C=O) groups excluding carboxylic acids is 2. The second-order valence-corrected chi connectivity index (χ2v) is 9.85. The van der Waals surface area contributed by atoms with Crippen LogP contribution in [0.3, 0.4) is 0 Å². The average molecular weight is 494 g/mol. The van der Waals surface area contributed by atoms with Crippen LogP contribution >= 0.6 is 11.6 Å². The zero-order valence-electron chi connectivity index (χ0n) is 20.0. The molecule has 7 heteroatoms. The molecule has 0 N–H and O–H groups in total. The molecule has 0 fully saturated rings. The maximum Gasteiger partial charge on any atom is 0.315 e. The van der Waals surface area contributed by atoms with Gasteiger partial charge in [-0.25, -0.2) is 0 Å². The van der Waals surface area contributed by atoms with Crippen molar-refractivity contribution in [2.45, 2.75) is 58.0 Å². The number of aliphatic imine (C=N–C) groups is 1. The number of benzene rings is 2. The highest BCUT2D eigenvalue weighted by atomic mass is 35.5. The number of esters is 1. The molecule has 3 aliphatic rings. The molecule has 35 heavy (non-hydrogen) atoms. The maximum atomic E-state index is 13.7. The van der Waals surface area contributed by atoms with E-state index in [-0.39, 0.29) is 30.6 Å². The third-order valence-corrected chi connectivity index (χ3v) is 7.38. The number of rotatable bonds is 5. The van der Waals surface area contributed by atoms with Crippen LogP contribution in [0.1, 0.15) is 63.0 Å². The lowest BCUT2D eigenvalue weighted by Crippen LogP contribution is -2.39. The normalized spacial score (nSPS) is 24.1. The highest BCUT2D eigenvalue weighted by molar-refractivity contribution is 6.30. The van der Waals surface area contributed by atoms with E-state index in [1.165, 1.54) is 0 Å². The minimum atomic E-state index is -0.681. The predicted molar refractivity (Wildman–Crippen MR) is 133 cm³/mol. The number of ketones is 1. The van der Waals surface area contributed by atoms with Gasteiger partial charge in [-0.2, -0.15) is 0 Å². The number of Topliss-reactive ketones (excluding diaryl/α,β-unsaturated/α-hetero) is 1. The average Bonchev–Trinajstić information content (AvgIpc) is 3.31. The Hall–Kier alpha value is -3.12. The first-order valence-electron chi connectivity index (χ1n) is 12.0. The van der Waals surface area contributed by atoms with Crippen molar-refractivity contribution < 1.29 is 23.8 Å². The lowest BCUT2D eigenvalue weighted by atomic mass is 9.69. The molecule has 2 aromatic rings. The Labute approximate surface area is 209 Å². The van der Waals surface area contributed by atoms with Crippen molar-refractivity contribution in [3.05, 3.63) is 69.9 Å². The summed E-state index contributed by atoms with van der Waals surface area (Å²) in [6, 6.07) is 13.2. The smallest absolute Gasteiger partial charge is 0.315 e. The Morgan fingerprint density at radius 1 is 1.11 bits per heavy atom. The van der Waals surface area contributed by atoms with Crippen LogP contribution in [-0.2, 0) is 14.3 Å². The highest BCUT2D eigenvalue weighted by Gasteiger charge is 2.45. The molecule has 1 aliphatic carbocycles. The summed E-state index contributed by atoms with van der Waals surface area (Å²) < 4.78 is 16.8. The number of fused-ring (bicyclic) bond motifs is 1. The van der Waals surface area contributed by atoms with E-state index in [9.17, 15) is 9.59 Å². The van der Waals surface area contributed by atoms with Crippen molar-refractivity contribution in [2.75, 3.05) is 6.79 Å². The van der Waals surface area contributed by atoms with Gasteiger partial charge in [0, 0.05) is 34.3 Å². The van der Waals surface area contributed by atoms with Crippen LogP contribution in [0.4, 0.5) is 0 Å². The molecule has 2 heterocycles. The molecule has 5 rings (SSSR count). The number of allylic oxidation sites excluding steroid dienone is 2. The number of hydrogen-bond acceptors (Lipinski definition) is 6. The van der Waals surface area contributed by atoms with Gasteiger partial charge in [0.05, 0.1) is 6.10 Å². The molecule has 6 nitrogen and oxygen atoms in total. The first-order chi connectivity index (χ1) is 16.9. The third-order valence-electron chi connectivity index (χ3n) is 7.13. The summed E-state index contributed by atoms with van der Waals surface area (Å²) in [7, 11) is 0. The van der Waals surface area contributed by atoms with E-state index in [4.69, 9.17) is 30.8 Å². The number of carbonyl (C=O) groups is 2. The molecular formula is C28H28ClNO5. The quantitative estimate of drug-likeness (QED) is 0.478. The van der Waals surface area contributed by atoms with Gasteiger partial charge >= 0.3 is 5.97 Å². The summed E-state index contributed by atoms with van der Waals surface area (Å²) >= 11 is 6.07. The Balaban J connectivity index is 1.57. The monoisotopic (exact) mass is 493 g/mol. The Morgan fingerprint density at radius 2 is 1.83 bits per heavy atom. The second-order valence-electron chi connectivity index (χ2n) is 9.42. The van der Waals surface area contributed by atoms with Gasteiger partial charge in [0.1, 0.15) is 5.92 Å². The van der Waals surface area contributed by atoms with Crippen molar-refractivity contribution in [3.8, 4) is 11.5 Å². The van der Waals surface area contributed by atoms with Gasteiger partial charge < -0.3 is 14.2 Å². The minimum absolute atomic E-state index is 0.00598. The van der Waals surface area contributed by atoms with Crippen molar-refractivity contribution in [3.63, 3.8) is 0 Å². The van der Waals surface area contributed by atoms with Crippen molar-refractivity contribution >= 4 is 29.1 Å². The van der Waals surface area contributed by atoms with Crippen LogP contribution in [0.2, 0.25) is 5.02 Å². The topological polar surface area (TPSA) is 74.2 Å². The van der Waals surface area contributed by atoms with E-state index in [0.29, 0.717) is 47.1 Å². The van der Waals surface area contributed by atoms with E-state index >= 15 is 0 Å². The molecule has 1 unspecified atom stereocenters. The van der Waals surface area contributed by atoms with Crippen LogP contribution in [0.25, 0.3) is 0 Å². The summed E-state index contributed by atoms with van der Waals surface area (Å²) in [5.41, 5.74) is 3.88. The van der Waals surface area contributed by atoms with Gasteiger partial charge in [0.25, 0.3) is 0 Å². The zero-order chi connectivity index (χ0) is 24.7. The fraction of sp³-hybridized carbons (Fsp3) is 0.393.